The number of anilines is 4. The zero-order chi connectivity index (χ0) is 46.2. The zero-order valence-corrected chi connectivity index (χ0v) is 36.7. The highest BCUT2D eigenvalue weighted by atomic mass is 32.1. The van der Waals surface area contributed by atoms with Gasteiger partial charge in [-0.25, -0.2) is 14.8 Å². The van der Waals surface area contributed by atoms with Crippen molar-refractivity contribution in [3.05, 3.63) is 137 Å². The predicted octanol–water partition coefficient (Wildman–Crippen LogP) is 10.6. The fourth-order valence-electron chi connectivity index (χ4n) is 6.06. The quantitative estimate of drug-likeness (QED) is 0.0599. The number of alkyl halides is 4. The van der Waals surface area contributed by atoms with Gasteiger partial charge in [0, 0.05) is 63.9 Å². The number of carbonyl (C=O) groups is 2. The number of benzene rings is 4. The van der Waals surface area contributed by atoms with E-state index in [0.717, 1.165) is 22.3 Å². The summed E-state index contributed by atoms with van der Waals surface area (Å²) in [6.45, 7) is 1.96. The lowest BCUT2D eigenvalue weighted by Crippen LogP contribution is -2.24. The first kappa shape index (κ1) is 48.1. The van der Waals surface area contributed by atoms with Crippen molar-refractivity contribution in [2.45, 2.75) is 66.0 Å². The summed E-state index contributed by atoms with van der Waals surface area (Å²) in [4.78, 5) is 41.2. The summed E-state index contributed by atoms with van der Waals surface area (Å²) >= 11 is 1.59. The molecule has 338 valence electrons. The van der Waals surface area contributed by atoms with Crippen molar-refractivity contribution in [1.29, 1.82) is 0 Å². The maximum Gasteiger partial charge on any atom is 0.387 e. The lowest BCUT2D eigenvalue weighted by molar-refractivity contribution is -0.142. The van der Waals surface area contributed by atoms with E-state index in [-0.39, 0.29) is 31.5 Å². The molecular formula is C46H47F4N5O8S. The number of hydrogen-bond donors (Lipinski definition) is 0. The van der Waals surface area contributed by atoms with Crippen molar-refractivity contribution in [3.8, 4) is 23.0 Å². The predicted molar refractivity (Wildman–Crippen MR) is 233 cm³/mol. The van der Waals surface area contributed by atoms with E-state index in [4.69, 9.17) is 18.9 Å². The van der Waals surface area contributed by atoms with E-state index >= 15 is 0 Å². The molecule has 0 N–H and O–H groups in total. The summed E-state index contributed by atoms with van der Waals surface area (Å²) in [6.07, 6.45) is 6.48. The number of nitrogens with zero attached hydrogens (tertiary/aromatic N) is 5. The van der Waals surface area contributed by atoms with Crippen molar-refractivity contribution in [2.75, 3.05) is 30.6 Å². The molecular weight excluding hydrogens is 859 g/mol. The number of hydrogen-bond acceptors (Lipinski definition) is 14. The molecule has 0 atom stereocenters. The highest BCUT2D eigenvalue weighted by Crippen LogP contribution is 2.38. The number of thiazole rings is 1. The SMILES string of the molecule is CCOC(=O)Cc1ccc(N(Cc2cncnc2)c2ccc(OC(F)F)c(OC(F)F)c2)cc1.COc1ccc(N(Cc2cncs2)c2ccc(C(=O)OC(C)(C)C)cc2)cc1OC. The molecule has 0 spiro atoms. The van der Waals surface area contributed by atoms with E-state index < -0.39 is 30.3 Å². The van der Waals surface area contributed by atoms with Crippen LogP contribution in [-0.2, 0) is 33.8 Å². The third kappa shape index (κ3) is 14.3. The average Bonchev–Trinajstić information content (AvgIpc) is 3.79. The van der Waals surface area contributed by atoms with Gasteiger partial charge in [0.15, 0.2) is 23.0 Å². The van der Waals surface area contributed by atoms with Gasteiger partial charge < -0.3 is 38.2 Å². The molecule has 2 heterocycles. The minimum absolute atomic E-state index is 0.0900. The molecule has 0 aliphatic heterocycles. The van der Waals surface area contributed by atoms with Gasteiger partial charge in [0.05, 0.1) is 51.4 Å². The Morgan fingerprint density at radius 3 is 1.75 bits per heavy atom. The number of aromatic nitrogens is 3. The first-order valence-corrected chi connectivity index (χ1v) is 20.5. The Morgan fingerprint density at radius 1 is 0.656 bits per heavy atom. The third-order valence-corrected chi connectivity index (χ3v) is 9.58. The molecule has 2 aromatic heterocycles. The van der Waals surface area contributed by atoms with Crippen LogP contribution in [0, 0.1) is 0 Å². The maximum absolute atomic E-state index is 12.9. The van der Waals surface area contributed by atoms with Gasteiger partial charge in [0.1, 0.15) is 11.9 Å². The second-order valence-electron chi connectivity index (χ2n) is 14.5. The molecule has 0 radical (unpaired) electrons. The van der Waals surface area contributed by atoms with Gasteiger partial charge in [-0.05, 0) is 93.9 Å². The van der Waals surface area contributed by atoms with Crippen LogP contribution in [0.15, 0.2) is 115 Å². The fraction of sp³-hybridized carbons (Fsp3) is 0.283. The number of esters is 2. The minimum Gasteiger partial charge on any atom is -0.493 e. The smallest absolute Gasteiger partial charge is 0.387 e. The molecule has 0 aliphatic rings. The molecule has 4 aromatic carbocycles. The molecule has 6 rings (SSSR count). The van der Waals surface area contributed by atoms with Gasteiger partial charge in [-0.15, -0.1) is 11.3 Å². The summed E-state index contributed by atoms with van der Waals surface area (Å²) in [6, 6.07) is 23.8. The number of rotatable bonds is 18. The summed E-state index contributed by atoms with van der Waals surface area (Å²) in [5, 5.41) is 0. The highest BCUT2D eigenvalue weighted by Gasteiger charge is 2.21. The van der Waals surface area contributed by atoms with Crippen LogP contribution in [0.2, 0.25) is 0 Å². The summed E-state index contributed by atoms with van der Waals surface area (Å²) in [5.74, 6) is -0.451. The summed E-state index contributed by atoms with van der Waals surface area (Å²) in [5.41, 5.74) is 6.06. The van der Waals surface area contributed by atoms with Crippen LogP contribution in [0.25, 0.3) is 0 Å². The molecule has 0 unspecified atom stereocenters. The maximum atomic E-state index is 12.9. The fourth-order valence-corrected chi connectivity index (χ4v) is 6.64. The van der Waals surface area contributed by atoms with E-state index in [2.05, 4.69) is 29.3 Å². The van der Waals surface area contributed by atoms with Crippen LogP contribution in [0.1, 0.15) is 54.1 Å². The van der Waals surface area contributed by atoms with E-state index in [1.54, 1.807) is 86.2 Å². The Bertz CT molecular complexity index is 2390. The molecule has 64 heavy (non-hydrogen) atoms. The third-order valence-electron chi connectivity index (χ3n) is 8.82. The topological polar surface area (TPSA) is 135 Å². The van der Waals surface area contributed by atoms with E-state index in [1.165, 1.54) is 18.5 Å². The van der Waals surface area contributed by atoms with Crippen molar-refractivity contribution in [1.82, 2.24) is 15.0 Å². The molecule has 0 amide bonds. The molecule has 0 aliphatic carbocycles. The molecule has 0 fully saturated rings. The molecule has 0 saturated carbocycles. The number of halogens is 4. The number of ether oxygens (including phenoxy) is 6. The lowest BCUT2D eigenvalue weighted by atomic mass is 10.1. The van der Waals surface area contributed by atoms with E-state index in [0.29, 0.717) is 46.1 Å². The Morgan fingerprint density at radius 2 is 1.20 bits per heavy atom. The van der Waals surface area contributed by atoms with Crippen molar-refractivity contribution in [2.24, 2.45) is 0 Å². The van der Waals surface area contributed by atoms with Crippen LogP contribution in [0.3, 0.4) is 0 Å². The second-order valence-corrected chi connectivity index (χ2v) is 15.5. The molecule has 0 bridgehead atoms. The van der Waals surface area contributed by atoms with Crippen molar-refractivity contribution < 1.29 is 55.6 Å². The number of carbonyl (C=O) groups excluding carboxylic acids is 2. The summed E-state index contributed by atoms with van der Waals surface area (Å²) in [7, 11) is 3.23. The Hall–Kier alpha value is -6.95. The summed E-state index contributed by atoms with van der Waals surface area (Å²) < 4.78 is 81.2. The highest BCUT2D eigenvalue weighted by molar-refractivity contribution is 7.09. The van der Waals surface area contributed by atoms with Gasteiger partial charge >= 0.3 is 25.2 Å². The second kappa shape index (κ2) is 22.9. The monoisotopic (exact) mass is 905 g/mol. The zero-order valence-electron chi connectivity index (χ0n) is 35.9. The Kier molecular flexibility index (Phi) is 17.2. The minimum atomic E-state index is -3.24. The van der Waals surface area contributed by atoms with Gasteiger partial charge in [-0.1, -0.05) is 12.1 Å². The number of methoxy groups -OCH3 is 2. The molecule has 18 heteroatoms. The largest absolute Gasteiger partial charge is 0.493 e. The Labute approximate surface area is 372 Å². The lowest BCUT2D eigenvalue weighted by Gasteiger charge is -2.26. The van der Waals surface area contributed by atoms with E-state index in [9.17, 15) is 27.2 Å². The van der Waals surface area contributed by atoms with Crippen LogP contribution in [0.4, 0.5) is 40.3 Å². The first-order valence-electron chi connectivity index (χ1n) is 19.7. The van der Waals surface area contributed by atoms with Gasteiger partial charge in [0.25, 0.3) is 0 Å². The van der Waals surface area contributed by atoms with Crippen molar-refractivity contribution >= 4 is 46.0 Å². The van der Waals surface area contributed by atoms with Crippen LogP contribution in [-0.4, -0.2) is 66.5 Å². The van der Waals surface area contributed by atoms with Gasteiger partial charge in [-0.3, -0.25) is 9.78 Å². The van der Waals surface area contributed by atoms with Crippen LogP contribution < -0.4 is 28.7 Å². The first-order chi connectivity index (χ1) is 30.7. The van der Waals surface area contributed by atoms with E-state index in [1.807, 2.05) is 62.8 Å². The standard InChI is InChI=1S/C23H21F4N3O4.C23H26N2O4S/c1-2-32-21(31)9-15-3-5-17(6-4-15)30(13-16-11-28-14-29-12-16)18-7-8-19(33-22(24)25)20(10-18)34-23(26)27;1-23(2,3)29-22(26)16-6-8-17(9-7-16)25(14-19-13-24-15-30-19)18-10-11-20(27-4)21(12-18)28-5/h3-8,10-12,14,22-23H,2,9,13H2,1H3;6-13,15H,14H2,1-5H3. The van der Waals surface area contributed by atoms with Gasteiger partial charge in [-0.2, -0.15) is 17.6 Å². The molecule has 6 aromatic rings. The molecule has 0 saturated heterocycles. The normalized spacial score (nSPS) is 11.0. The average molecular weight is 906 g/mol. The van der Waals surface area contributed by atoms with Crippen molar-refractivity contribution in [3.63, 3.8) is 0 Å². The van der Waals surface area contributed by atoms with Crippen LogP contribution in [0.5, 0.6) is 23.0 Å². The Balaban J connectivity index is 0.000000243. The van der Waals surface area contributed by atoms with Crippen LogP contribution >= 0.6 is 11.3 Å². The molecule has 13 nitrogen and oxygen atoms in total. The van der Waals surface area contributed by atoms with Gasteiger partial charge in [0.2, 0.25) is 0 Å².